The van der Waals surface area contributed by atoms with Crippen molar-refractivity contribution in [2.24, 2.45) is 0 Å². The summed E-state index contributed by atoms with van der Waals surface area (Å²) in [5.74, 6) is -0.289. The molecule has 1 aromatic heterocycles. The molecule has 0 saturated heterocycles. The number of carbonyl (C=O) groups is 1. The zero-order valence-electron chi connectivity index (χ0n) is 15.9. The first-order valence-electron chi connectivity index (χ1n) is 9.10. The van der Waals surface area contributed by atoms with Gasteiger partial charge in [0.05, 0.1) is 12.2 Å². The van der Waals surface area contributed by atoms with Crippen molar-refractivity contribution in [1.82, 2.24) is 4.57 Å². The summed E-state index contributed by atoms with van der Waals surface area (Å²) in [7, 11) is 0. The van der Waals surface area contributed by atoms with Crippen molar-refractivity contribution in [3.8, 4) is 17.7 Å². The lowest BCUT2D eigenvalue weighted by Crippen LogP contribution is -2.26. The summed E-state index contributed by atoms with van der Waals surface area (Å²) in [6.45, 7) is 6.22. The summed E-state index contributed by atoms with van der Waals surface area (Å²) < 4.78 is 6.67. The van der Waals surface area contributed by atoms with E-state index in [1.54, 1.807) is 24.3 Å². The minimum absolute atomic E-state index is 0.0186. The van der Waals surface area contributed by atoms with Crippen LogP contribution in [0.3, 0.4) is 0 Å². The monoisotopic (exact) mass is 368 g/mol. The van der Waals surface area contributed by atoms with Crippen LogP contribution in [-0.4, -0.2) is 22.1 Å². The third-order valence-electron chi connectivity index (χ3n) is 4.33. The molecule has 0 fully saturated rings. The van der Waals surface area contributed by atoms with Gasteiger partial charge in [0.1, 0.15) is 17.4 Å². The highest BCUT2D eigenvalue weighted by atomic mass is 16.5. The molecule has 0 saturated carbocycles. The summed E-state index contributed by atoms with van der Waals surface area (Å²) in [6.07, 6.45) is 2.29. The van der Waals surface area contributed by atoms with Crippen LogP contribution in [0, 0.1) is 18.3 Å². The Morgan fingerprint density at radius 3 is 2.67 bits per heavy atom. The molecule has 0 unspecified atom stereocenters. The van der Waals surface area contributed by atoms with Crippen LogP contribution in [0.4, 0.5) is 0 Å². The number of ether oxygens (including phenoxy) is 1. The lowest BCUT2D eigenvalue weighted by molar-refractivity contribution is 0.103. The highest BCUT2D eigenvalue weighted by Crippen LogP contribution is 2.26. The van der Waals surface area contributed by atoms with E-state index in [9.17, 15) is 20.0 Å². The SMILES string of the molecule is CCCCn1c(O)c(C(=O)c2cccc(OCCC)c2)c(C)c(C#N)c1=O. The first-order chi connectivity index (χ1) is 13.0. The third kappa shape index (κ3) is 4.20. The molecule has 142 valence electrons. The number of hydrogen-bond acceptors (Lipinski definition) is 5. The lowest BCUT2D eigenvalue weighted by atomic mass is 9.97. The molecule has 0 aliphatic rings. The van der Waals surface area contributed by atoms with Crippen molar-refractivity contribution >= 4 is 5.78 Å². The molecule has 0 bridgehead atoms. The van der Waals surface area contributed by atoms with Gasteiger partial charge in [-0.25, -0.2) is 0 Å². The minimum atomic E-state index is -0.572. The van der Waals surface area contributed by atoms with Gasteiger partial charge in [0.15, 0.2) is 5.78 Å². The number of hydrogen-bond donors (Lipinski definition) is 1. The Hall–Kier alpha value is -3.07. The Kier molecular flexibility index (Phi) is 6.78. The normalized spacial score (nSPS) is 10.4. The minimum Gasteiger partial charge on any atom is -0.494 e. The van der Waals surface area contributed by atoms with Gasteiger partial charge < -0.3 is 9.84 Å². The van der Waals surface area contributed by atoms with Gasteiger partial charge in [0.2, 0.25) is 5.88 Å². The fourth-order valence-electron chi connectivity index (χ4n) is 2.84. The molecular formula is C21H24N2O4. The van der Waals surface area contributed by atoms with E-state index in [1.807, 2.05) is 19.9 Å². The van der Waals surface area contributed by atoms with Crippen molar-refractivity contribution in [2.45, 2.75) is 46.6 Å². The molecule has 2 rings (SSSR count). The zero-order valence-corrected chi connectivity index (χ0v) is 15.9. The molecule has 1 N–H and O–H groups in total. The summed E-state index contributed by atoms with van der Waals surface area (Å²) in [5.41, 5.74) is -0.192. The quantitative estimate of drug-likeness (QED) is 0.719. The second kappa shape index (κ2) is 9.04. The van der Waals surface area contributed by atoms with Crippen molar-refractivity contribution < 1.29 is 14.6 Å². The fraction of sp³-hybridized carbons (Fsp3) is 0.381. The average molecular weight is 368 g/mol. The van der Waals surface area contributed by atoms with Gasteiger partial charge in [-0.3, -0.25) is 14.2 Å². The molecule has 0 spiro atoms. The molecule has 0 aliphatic heterocycles. The Morgan fingerprint density at radius 1 is 1.30 bits per heavy atom. The number of nitriles is 1. The molecule has 1 heterocycles. The summed E-state index contributed by atoms with van der Waals surface area (Å²) in [4.78, 5) is 25.6. The maximum atomic E-state index is 13.1. The second-order valence-electron chi connectivity index (χ2n) is 6.33. The first kappa shape index (κ1) is 20.2. The fourth-order valence-corrected chi connectivity index (χ4v) is 2.84. The van der Waals surface area contributed by atoms with Crippen LogP contribution in [0.15, 0.2) is 29.1 Å². The van der Waals surface area contributed by atoms with E-state index in [1.165, 1.54) is 6.92 Å². The Morgan fingerprint density at radius 2 is 2.04 bits per heavy atom. The average Bonchev–Trinajstić information content (AvgIpc) is 2.66. The summed E-state index contributed by atoms with van der Waals surface area (Å²) in [5, 5.41) is 20.0. The maximum Gasteiger partial charge on any atom is 0.271 e. The van der Waals surface area contributed by atoms with Gasteiger partial charge in [0, 0.05) is 12.1 Å². The summed E-state index contributed by atoms with van der Waals surface area (Å²) in [6, 6.07) is 8.54. The Balaban J connectivity index is 2.59. The molecule has 0 amide bonds. The van der Waals surface area contributed by atoms with Crippen LogP contribution in [0.1, 0.15) is 60.2 Å². The topological polar surface area (TPSA) is 92.3 Å². The van der Waals surface area contributed by atoms with E-state index in [4.69, 9.17) is 4.74 Å². The van der Waals surface area contributed by atoms with E-state index in [-0.39, 0.29) is 23.2 Å². The number of pyridine rings is 1. The van der Waals surface area contributed by atoms with Crippen LogP contribution in [0.5, 0.6) is 11.6 Å². The Labute approximate surface area is 158 Å². The highest BCUT2D eigenvalue weighted by Gasteiger charge is 2.24. The van der Waals surface area contributed by atoms with E-state index >= 15 is 0 Å². The molecule has 2 aromatic rings. The van der Waals surface area contributed by atoms with Gasteiger partial charge in [0.25, 0.3) is 5.56 Å². The van der Waals surface area contributed by atoms with E-state index in [0.29, 0.717) is 24.3 Å². The zero-order chi connectivity index (χ0) is 20.0. The molecule has 6 heteroatoms. The van der Waals surface area contributed by atoms with Crippen LogP contribution >= 0.6 is 0 Å². The first-order valence-corrected chi connectivity index (χ1v) is 9.10. The number of aromatic hydroxyl groups is 1. The highest BCUT2D eigenvalue weighted by molar-refractivity contribution is 6.11. The van der Waals surface area contributed by atoms with E-state index in [2.05, 4.69) is 0 Å². The third-order valence-corrected chi connectivity index (χ3v) is 4.33. The molecule has 1 aromatic carbocycles. The van der Waals surface area contributed by atoms with Gasteiger partial charge in [-0.05, 0) is 37.5 Å². The number of nitrogens with zero attached hydrogens (tertiary/aromatic N) is 2. The van der Waals surface area contributed by atoms with Crippen molar-refractivity contribution in [3.63, 3.8) is 0 Å². The van der Waals surface area contributed by atoms with Crippen molar-refractivity contribution in [1.29, 1.82) is 5.26 Å². The molecular weight excluding hydrogens is 344 g/mol. The van der Waals surface area contributed by atoms with Crippen LogP contribution in [0.25, 0.3) is 0 Å². The van der Waals surface area contributed by atoms with Gasteiger partial charge >= 0.3 is 0 Å². The van der Waals surface area contributed by atoms with Crippen LogP contribution < -0.4 is 10.3 Å². The maximum absolute atomic E-state index is 13.1. The number of ketones is 1. The number of carbonyl (C=O) groups excluding carboxylic acids is 1. The number of benzene rings is 1. The van der Waals surface area contributed by atoms with Crippen molar-refractivity contribution in [2.75, 3.05) is 6.61 Å². The standard InChI is InChI=1S/C21H24N2O4/c1-4-6-10-23-20(25)17(13-22)14(3)18(21(23)26)19(24)15-8-7-9-16(12-15)27-11-5-2/h7-9,12,26H,4-6,10-11H2,1-3H3. The summed E-state index contributed by atoms with van der Waals surface area (Å²) >= 11 is 0. The van der Waals surface area contributed by atoms with E-state index < -0.39 is 17.2 Å². The predicted molar refractivity (Wildman–Crippen MR) is 102 cm³/mol. The molecule has 0 aliphatic carbocycles. The van der Waals surface area contributed by atoms with Gasteiger partial charge in [-0.2, -0.15) is 5.26 Å². The molecule has 27 heavy (non-hydrogen) atoms. The lowest BCUT2D eigenvalue weighted by Gasteiger charge is -2.15. The Bertz CT molecular complexity index is 938. The molecule has 6 nitrogen and oxygen atoms in total. The molecule has 0 atom stereocenters. The number of aromatic nitrogens is 1. The number of rotatable bonds is 8. The second-order valence-corrected chi connectivity index (χ2v) is 6.33. The predicted octanol–water partition coefficient (Wildman–Crippen LogP) is 3.55. The van der Waals surface area contributed by atoms with Crippen LogP contribution in [-0.2, 0) is 6.54 Å². The van der Waals surface area contributed by atoms with Crippen molar-refractivity contribution in [3.05, 3.63) is 56.9 Å². The van der Waals surface area contributed by atoms with E-state index in [0.717, 1.165) is 17.4 Å². The van der Waals surface area contributed by atoms with Gasteiger partial charge in [-0.15, -0.1) is 0 Å². The van der Waals surface area contributed by atoms with Crippen LogP contribution in [0.2, 0.25) is 0 Å². The molecule has 0 radical (unpaired) electrons. The smallest absolute Gasteiger partial charge is 0.271 e. The van der Waals surface area contributed by atoms with Gasteiger partial charge in [-0.1, -0.05) is 32.4 Å². The largest absolute Gasteiger partial charge is 0.494 e. The number of unbranched alkanes of at least 4 members (excludes halogenated alkanes) is 1.